The molecule has 0 aliphatic carbocycles. The van der Waals surface area contributed by atoms with Crippen molar-refractivity contribution in [2.45, 2.75) is 0 Å². The molecule has 55 valence electrons. The van der Waals surface area contributed by atoms with E-state index in [4.69, 9.17) is 4.89 Å². The Labute approximate surface area is 65.3 Å². The van der Waals surface area contributed by atoms with Crippen LogP contribution in [0.2, 0.25) is 0 Å². The van der Waals surface area contributed by atoms with E-state index in [-0.39, 0.29) is 0 Å². The molecule has 0 aliphatic rings. The maximum absolute atomic E-state index is 4.73. The summed E-state index contributed by atoms with van der Waals surface area (Å²) in [4.78, 5) is 9.27. The molecule has 0 spiro atoms. The third-order valence-electron chi connectivity index (χ3n) is 0.950. The molecule has 1 rings (SSSR count). The van der Waals surface area contributed by atoms with Gasteiger partial charge in [-0.15, -0.1) is 0 Å². The Kier molecular flexibility index (Phi) is 2.85. The topological polar surface area (TPSA) is 18.5 Å². The maximum Gasteiger partial charge on any atom is 0.186 e. The second kappa shape index (κ2) is 4.20. The molecule has 0 unspecified atom stereocenters. The normalized spacial score (nSPS) is 8.00. The predicted molar refractivity (Wildman–Crippen MR) is 40.7 cm³/mol. The van der Waals surface area contributed by atoms with Gasteiger partial charge < -0.3 is 0 Å². The van der Waals surface area contributed by atoms with E-state index in [0.717, 1.165) is 0 Å². The van der Waals surface area contributed by atoms with Crippen LogP contribution in [0.3, 0.4) is 0 Å². The first-order chi connectivity index (χ1) is 5.43. The van der Waals surface area contributed by atoms with Gasteiger partial charge in [0.1, 0.15) is 0 Å². The predicted octanol–water partition coefficient (Wildman–Crippen LogP) is 2.10. The molecule has 0 aliphatic heterocycles. The molecule has 0 atom stereocenters. The summed E-state index contributed by atoms with van der Waals surface area (Å²) in [6.07, 6.45) is 1.22. The zero-order valence-corrected chi connectivity index (χ0v) is 5.91. The van der Waals surface area contributed by atoms with Gasteiger partial charge in [-0.25, -0.2) is 0 Å². The van der Waals surface area contributed by atoms with Crippen LogP contribution in [0.4, 0.5) is 0 Å². The number of hydrogen-bond donors (Lipinski definition) is 0. The van der Waals surface area contributed by atoms with Gasteiger partial charge in [-0.05, 0) is 6.07 Å². The molecule has 0 N–H and O–H groups in total. The average molecular weight is 147 g/mol. The van der Waals surface area contributed by atoms with E-state index in [1.165, 1.54) is 6.26 Å². The van der Waals surface area contributed by atoms with Crippen molar-refractivity contribution in [3.8, 4) is 5.75 Å². The lowest BCUT2D eigenvalue weighted by Crippen LogP contribution is -1.88. The number of hydrogen-bond acceptors (Lipinski definition) is 2. The highest BCUT2D eigenvalue weighted by Gasteiger charge is 1.88. The van der Waals surface area contributed by atoms with Gasteiger partial charge in [0.15, 0.2) is 12.0 Å². The summed E-state index contributed by atoms with van der Waals surface area (Å²) in [6.45, 7) is 3.30. The SMILES string of the molecule is C=C=COOc1[c]cccc1. The lowest BCUT2D eigenvalue weighted by atomic mass is 10.3. The largest absolute Gasteiger partial charge is 0.289 e. The van der Waals surface area contributed by atoms with Gasteiger partial charge in [0.25, 0.3) is 0 Å². The minimum atomic E-state index is 0.527. The molecule has 0 amide bonds. The zero-order chi connectivity index (χ0) is 7.94. The van der Waals surface area contributed by atoms with Crippen molar-refractivity contribution in [2.24, 2.45) is 0 Å². The van der Waals surface area contributed by atoms with E-state index < -0.39 is 0 Å². The highest BCUT2D eigenvalue weighted by atomic mass is 17.2. The van der Waals surface area contributed by atoms with Gasteiger partial charge in [0.05, 0.1) is 0 Å². The molecule has 0 fully saturated rings. The van der Waals surface area contributed by atoms with Crippen molar-refractivity contribution in [3.63, 3.8) is 0 Å². The maximum atomic E-state index is 4.73. The lowest BCUT2D eigenvalue weighted by molar-refractivity contribution is -0.149. The smallest absolute Gasteiger partial charge is 0.186 e. The van der Waals surface area contributed by atoms with Crippen molar-refractivity contribution < 1.29 is 9.78 Å². The van der Waals surface area contributed by atoms with Crippen molar-refractivity contribution in [1.82, 2.24) is 0 Å². The van der Waals surface area contributed by atoms with E-state index in [2.05, 4.69) is 23.3 Å². The Morgan fingerprint density at radius 2 is 2.45 bits per heavy atom. The van der Waals surface area contributed by atoms with Gasteiger partial charge in [0, 0.05) is 6.07 Å². The Morgan fingerprint density at radius 3 is 3.09 bits per heavy atom. The van der Waals surface area contributed by atoms with Gasteiger partial charge in [-0.1, -0.05) is 30.5 Å². The van der Waals surface area contributed by atoms with Crippen LogP contribution in [-0.4, -0.2) is 0 Å². The molecule has 2 nitrogen and oxygen atoms in total. The monoisotopic (exact) mass is 147 g/mol. The fourth-order valence-corrected chi connectivity index (χ4v) is 0.539. The molecule has 1 aromatic rings. The molecule has 0 aromatic heterocycles. The Morgan fingerprint density at radius 1 is 1.55 bits per heavy atom. The fourth-order valence-electron chi connectivity index (χ4n) is 0.539. The molecule has 0 heterocycles. The summed E-state index contributed by atoms with van der Waals surface area (Å²) in [5.74, 6) is 0.527. The van der Waals surface area contributed by atoms with Crippen molar-refractivity contribution >= 4 is 0 Å². The van der Waals surface area contributed by atoms with Gasteiger partial charge in [-0.3, -0.25) is 9.78 Å². The first-order valence-electron chi connectivity index (χ1n) is 3.08. The molecule has 0 saturated carbocycles. The highest BCUT2D eigenvalue weighted by Crippen LogP contribution is 2.06. The molecule has 1 radical (unpaired) electrons. The highest BCUT2D eigenvalue weighted by molar-refractivity contribution is 5.18. The van der Waals surface area contributed by atoms with E-state index in [0.29, 0.717) is 5.75 Å². The Hall–Kier alpha value is -1.66. The van der Waals surface area contributed by atoms with Crippen LogP contribution < -0.4 is 4.89 Å². The summed E-state index contributed by atoms with van der Waals surface area (Å²) in [7, 11) is 0. The average Bonchev–Trinajstić information content (AvgIpc) is 2.07. The van der Waals surface area contributed by atoms with Gasteiger partial charge in [-0.2, -0.15) is 0 Å². The molecule has 11 heavy (non-hydrogen) atoms. The van der Waals surface area contributed by atoms with Crippen LogP contribution in [0.5, 0.6) is 5.75 Å². The molecule has 1 aromatic carbocycles. The third-order valence-corrected chi connectivity index (χ3v) is 0.950. The second-order valence-electron chi connectivity index (χ2n) is 1.73. The standard InChI is InChI=1S/C9H7O2/c1-2-8-10-11-9-6-4-3-5-7-9/h3-6,8H,1H2. The molecule has 0 bridgehead atoms. The van der Waals surface area contributed by atoms with Crippen molar-refractivity contribution in [2.75, 3.05) is 0 Å². The van der Waals surface area contributed by atoms with Crippen molar-refractivity contribution in [1.29, 1.82) is 0 Å². The van der Waals surface area contributed by atoms with Gasteiger partial charge >= 0.3 is 0 Å². The molecular weight excluding hydrogens is 140 g/mol. The van der Waals surface area contributed by atoms with Crippen molar-refractivity contribution in [3.05, 3.63) is 48.9 Å². The van der Waals surface area contributed by atoms with Crippen LogP contribution in [-0.2, 0) is 4.89 Å². The summed E-state index contributed by atoms with van der Waals surface area (Å²) in [6, 6.07) is 9.95. The summed E-state index contributed by atoms with van der Waals surface area (Å²) in [5.41, 5.74) is 2.40. The van der Waals surface area contributed by atoms with E-state index in [1.54, 1.807) is 12.1 Å². The van der Waals surface area contributed by atoms with Crippen LogP contribution in [0, 0.1) is 6.07 Å². The molecule has 0 saturated heterocycles. The number of para-hydroxylation sites is 1. The quantitative estimate of drug-likeness (QED) is 0.282. The zero-order valence-electron chi connectivity index (χ0n) is 5.91. The van der Waals surface area contributed by atoms with Crippen LogP contribution in [0.1, 0.15) is 0 Å². The molecule has 2 heteroatoms. The third kappa shape index (κ3) is 2.61. The summed E-state index contributed by atoms with van der Waals surface area (Å²) < 4.78 is 0. The van der Waals surface area contributed by atoms with Gasteiger partial charge in [0.2, 0.25) is 0 Å². The molecular formula is C9H7O2. The minimum absolute atomic E-state index is 0.527. The van der Waals surface area contributed by atoms with Crippen LogP contribution in [0.25, 0.3) is 0 Å². The second-order valence-corrected chi connectivity index (χ2v) is 1.73. The lowest BCUT2D eigenvalue weighted by Gasteiger charge is -1.97. The van der Waals surface area contributed by atoms with E-state index in [9.17, 15) is 0 Å². The number of rotatable bonds is 3. The minimum Gasteiger partial charge on any atom is -0.289 e. The summed E-state index contributed by atoms with van der Waals surface area (Å²) in [5, 5.41) is 0. The van der Waals surface area contributed by atoms with E-state index >= 15 is 0 Å². The Balaban J connectivity index is 2.45. The van der Waals surface area contributed by atoms with E-state index in [1.807, 2.05) is 12.1 Å². The first kappa shape index (κ1) is 7.45. The van der Waals surface area contributed by atoms with Crippen LogP contribution >= 0.6 is 0 Å². The van der Waals surface area contributed by atoms with Crippen LogP contribution in [0.15, 0.2) is 42.8 Å². The number of benzene rings is 1. The first-order valence-corrected chi connectivity index (χ1v) is 3.08. The fraction of sp³-hybridized carbons (Fsp3) is 0. The summed E-state index contributed by atoms with van der Waals surface area (Å²) >= 11 is 0. The Bertz CT molecular complexity index is 248.